The van der Waals surface area contributed by atoms with Crippen LogP contribution in [0.5, 0.6) is 0 Å². The van der Waals surface area contributed by atoms with E-state index in [0.717, 1.165) is 10.5 Å². The Morgan fingerprint density at radius 2 is 1.81 bits per heavy atom. The van der Waals surface area contributed by atoms with Gasteiger partial charge in [-0.1, -0.05) is 31.5 Å². The first kappa shape index (κ1) is 12.8. The third-order valence-corrected chi connectivity index (χ3v) is 3.30. The molecule has 0 saturated heterocycles. The van der Waals surface area contributed by atoms with E-state index in [0.29, 0.717) is 0 Å². The Kier molecular flexibility index (Phi) is 4.62. The number of carbonyl (C=O) groups is 1. The minimum Gasteiger partial charge on any atom is -0.295 e. The van der Waals surface area contributed by atoms with Crippen LogP contribution < -0.4 is 0 Å². The lowest BCUT2D eigenvalue weighted by Gasteiger charge is -1.98. The summed E-state index contributed by atoms with van der Waals surface area (Å²) in [5.41, 5.74) is 1.13. The van der Waals surface area contributed by atoms with Gasteiger partial charge >= 0.3 is 0 Å². The number of carbonyl (C=O) groups excluding carboxylic acids is 1. The van der Waals surface area contributed by atoms with E-state index >= 15 is 0 Å². The molecule has 1 atom stereocenters. The van der Waals surface area contributed by atoms with Crippen molar-refractivity contribution in [2.45, 2.75) is 25.7 Å². The number of hydrogen-bond donors (Lipinski definition) is 0. The average molecular weight is 236 g/mol. The molecule has 0 heterocycles. The van der Waals surface area contributed by atoms with Crippen molar-refractivity contribution in [1.82, 2.24) is 0 Å². The topological polar surface area (TPSA) is 34.1 Å². The smallest absolute Gasteiger partial charge is 0.158 e. The standard InChI is InChI=1S/C13H16O2S/c1-10(2)13(14)8-9-16(15)12-6-4-11(3)5-7-12/h4-10H,1-3H3/b9-8+. The summed E-state index contributed by atoms with van der Waals surface area (Å²) in [6.45, 7) is 5.62. The minimum absolute atomic E-state index is 0.000427. The van der Waals surface area contributed by atoms with E-state index in [1.165, 1.54) is 11.5 Å². The van der Waals surface area contributed by atoms with Gasteiger partial charge in [0, 0.05) is 16.2 Å². The van der Waals surface area contributed by atoms with E-state index in [2.05, 4.69) is 0 Å². The molecule has 0 saturated carbocycles. The molecule has 1 aromatic carbocycles. The van der Waals surface area contributed by atoms with Gasteiger partial charge in [-0.25, -0.2) is 4.21 Å². The summed E-state index contributed by atoms with van der Waals surface area (Å²) >= 11 is 0. The summed E-state index contributed by atoms with van der Waals surface area (Å²) in [6, 6.07) is 7.45. The fourth-order valence-electron chi connectivity index (χ4n) is 1.07. The molecule has 0 spiro atoms. The molecule has 0 radical (unpaired) electrons. The Morgan fingerprint density at radius 1 is 1.25 bits per heavy atom. The molecule has 0 bridgehead atoms. The predicted molar refractivity (Wildman–Crippen MR) is 66.6 cm³/mol. The number of allylic oxidation sites excluding steroid dienone is 1. The van der Waals surface area contributed by atoms with Crippen LogP contribution in [0.4, 0.5) is 0 Å². The van der Waals surface area contributed by atoms with Crippen molar-refractivity contribution < 1.29 is 9.00 Å². The van der Waals surface area contributed by atoms with Gasteiger partial charge in [0.1, 0.15) is 0 Å². The molecular formula is C13H16O2S. The van der Waals surface area contributed by atoms with Crippen molar-refractivity contribution >= 4 is 16.6 Å². The highest BCUT2D eigenvalue weighted by atomic mass is 32.2. The molecule has 0 fully saturated rings. The second-order valence-corrected chi connectivity index (χ2v) is 5.31. The lowest BCUT2D eigenvalue weighted by atomic mass is 10.1. The molecule has 16 heavy (non-hydrogen) atoms. The van der Waals surface area contributed by atoms with Gasteiger partial charge in [-0.3, -0.25) is 4.79 Å². The van der Waals surface area contributed by atoms with Crippen LogP contribution in [-0.2, 0) is 15.6 Å². The highest BCUT2D eigenvalue weighted by molar-refractivity contribution is 7.88. The second-order valence-electron chi connectivity index (χ2n) is 3.97. The van der Waals surface area contributed by atoms with E-state index in [4.69, 9.17) is 0 Å². The summed E-state index contributed by atoms with van der Waals surface area (Å²) in [5, 5.41) is 1.45. The third kappa shape index (κ3) is 3.74. The molecule has 1 unspecified atom stereocenters. The quantitative estimate of drug-likeness (QED) is 0.753. The molecule has 0 aliphatic heterocycles. The number of ketones is 1. The zero-order valence-electron chi connectivity index (χ0n) is 9.77. The van der Waals surface area contributed by atoms with Gasteiger partial charge in [0.05, 0.1) is 10.8 Å². The average Bonchev–Trinajstić information content (AvgIpc) is 2.26. The largest absolute Gasteiger partial charge is 0.295 e. The fraction of sp³-hybridized carbons (Fsp3) is 0.308. The summed E-state index contributed by atoms with van der Waals surface area (Å²) in [5.74, 6) is -0.0493. The lowest BCUT2D eigenvalue weighted by molar-refractivity contribution is -0.117. The van der Waals surface area contributed by atoms with Crippen LogP contribution in [0, 0.1) is 12.8 Å². The predicted octanol–water partition coefficient (Wildman–Crippen LogP) is 2.84. The summed E-state index contributed by atoms with van der Waals surface area (Å²) in [6.07, 6.45) is 1.40. The lowest BCUT2D eigenvalue weighted by Crippen LogP contribution is -2.02. The van der Waals surface area contributed by atoms with Crippen LogP contribution in [0.15, 0.2) is 40.6 Å². The van der Waals surface area contributed by atoms with Crippen molar-refractivity contribution in [3.8, 4) is 0 Å². The van der Waals surface area contributed by atoms with Crippen LogP contribution in [0.2, 0.25) is 0 Å². The van der Waals surface area contributed by atoms with Crippen molar-refractivity contribution in [1.29, 1.82) is 0 Å². The first-order valence-corrected chi connectivity index (χ1v) is 6.41. The van der Waals surface area contributed by atoms with Gasteiger partial charge in [0.2, 0.25) is 0 Å². The van der Waals surface area contributed by atoms with Gasteiger partial charge in [-0.15, -0.1) is 0 Å². The molecule has 1 aromatic rings. The SMILES string of the molecule is Cc1ccc(S(=O)/C=C/C(=O)C(C)C)cc1. The van der Waals surface area contributed by atoms with Crippen LogP contribution in [0.25, 0.3) is 0 Å². The Labute approximate surface area is 98.8 Å². The van der Waals surface area contributed by atoms with Crippen LogP contribution in [0.1, 0.15) is 19.4 Å². The Hall–Kier alpha value is -1.22. The van der Waals surface area contributed by atoms with E-state index in [1.807, 2.05) is 45.0 Å². The van der Waals surface area contributed by atoms with E-state index in [1.54, 1.807) is 0 Å². The molecule has 1 rings (SSSR count). The molecule has 2 nitrogen and oxygen atoms in total. The number of aryl methyl sites for hydroxylation is 1. The fourth-order valence-corrected chi connectivity index (χ4v) is 1.89. The summed E-state index contributed by atoms with van der Waals surface area (Å²) in [4.78, 5) is 12.0. The van der Waals surface area contributed by atoms with Gasteiger partial charge in [0.25, 0.3) is 0 Å². The maximum absolute atomic E-state index is 11.8. The number of benzene rings is 1. The minimum atomic E-state index is -1.23. The van der Waals surface area contributed by atoms with Crippen LogP contribution in [0.3, 0.4) is 0 Å². The van der Waals surface area contributed by atoms with E-state index < -0.39 is 10.8 Å². The van der Waals surface area contributed by atoms with Crippen molar-refractivity contribution in [2.24, 2.45) is 5.92 Å². The van der Waals surface area contributed by atoms with E-state index in [-0.39, 0.29) is 11.7 Å². The number of hydrogen-bond acceptors (Lipinski definition) is 2. The van der Waals surface area contributed by atoms with Gasteiger partial charge < -0.3 is 0 Å². The molecule has 0 N–H and O–H groups in total. The first-order valence-electron chi connectivity index (χ1n) is 5.20. The third-order valence-electron chi connectivity index (χ3n) is 2.18. The highest BCUT2D eigenvalue weighted by Crippen LogP contribution is 2.09. The van der Waals surface area contributed by atoms with Gasteiger partial charge in [-0.2, -0.15) is 0 Å². The molecule has 0 aromatic heterocycles. The van der Waals surface area contributed by atoms with Gasteiger partial charge in [-0.05, 0) is 25.1 Å². The zero-order chi connectivity index (χ0) is 12.1. The van der Waals surface area contributed by atoms with Crippen LogP contribution in [-0.4, -0.2) is 9.99 Å². The monoisotopic (exact) mass is 236 g/mol. The molecule has 0 aliphatic rings. The molecule has 0 amide bonds. The van der Waals surface area contributed by atoms with Gasteiger partial charge in [0.15, 0.2) is 5.78 Å². The first-order chi connectivity index (χ1) is 7.50. The van der Waals surface area contributed by atoms with E-state index in [9.17, 15) is 9.00 Å². The Balaban J connectivity index is 2.73. The van der Waals surface area contributed by atoms with Crippen molar-refractivity contribution in [2.75, 3.05) is 0 Å². The Bertz CT molecular complexity index is 416. The molecular weight excluding hydrogens is 220 g/mol. The summed E-state index contributed by atoms with van der Waals surface area (Å²) in [7, 11) is -1.23. The number of rotatable bonds is 4. The zero-order valence-corrected chi connectivity index (χ0v) is 10.6. The highest BCUT2D eigenvalue weighted by Gasteiger charge is 2.04. The Morgan fingerprint density at radius 3 is 2.31 bits per heavy atom. The molecule has 0 aliphatic carbocycles. The molecule has 86 valence electrons. The van der Waals surface area contributed by atoms with Crippen molar-refractivity contribution in [3.05, 3.63) is 41.3 Å². The second kappa shape index (κ2) is 5.75. The van der Waals surface area contributed by atoms with Crippen LogP contribution >= 0.6 is 0 Å². The van der Waals surface area contributed by atoms with Crippen molar-refractivity contribution in [3.63, 3.8) is 0 Å². The summed E-state index contributed by atoms with van der Waals surface area (Å²) < 4.78 is 11.8. The normalized spacial score (nSPS) is 13.2. The maximum Gasteiger partial charge on any atom is 0.158 e. The maximum atomic E-state index is 11.8. The molecule has 3 heteroatoms.